The van der Waals surface area contributed by atoms with Crippen LogP contribution in [0, 0.1) is 0 Å². The summed E-state index contributed by atoms with van der Waals surface area (Å²) in [5.74, 6) is 0.162. The Morgan fingerprint density at radius 2 is 2.35 bits per heavy atom. The molecule has 1 aromatic heterocycles. The van der Waals surface area contributed by atoms with Crippen LogP contribution in [0.15, 0.2) is 24.4 Å². The summed E-state index contributed by atoms with van der Waals surface area (Å²) in [7, 11) is 2.14. The minimum Gasteiger partial charge on any atom is -0.371 e. The minimum atomic E-state index is -0.228. The second-order valence-corrected chi connectivity index (χ2v) is 7.95. The van der Waals surface area contributed by atoms with E-state index in [1.165, 1.54) is 0 Å². The number of likely N-dealkylation sites (N-methyl/N-ethyl adjacent to an activating group) is 1. The van der Waals surface area contributed by atoms with Gasteiger partial charge in [-0.05, 0) is 51.3 Å². The van der Waals surface area contributed by atoms with Crippen LogP contribution in [-0.4, -0.2) is 71.8 Å². The van der Waals surface area contributed by atoms with E-state index in [9.17, 15) is 4.79 Å². The molecule has 0 saturated carbocycles. The monoisotopic (exact) mass is 359 g/mol. The molecule has 6 nitrogen and oxygen atoms in total. The van der Waals surface area contributed by atoms with Crippen LogP contribution in [0.2, 0.25) is 0 Å². The number of likely N-dealkylation sites (tertiary alicyclic amines) is 1. The number of carbonyl (C=O) groups is 1. The fourth-order valence-electron chi connectivity index (χ4n) is 4.53. The van der Waals surface area contributed by atoms with Gasteiger partial charge in [0.15, 0.2) is 0 Å². The molecule has 3 fully saturated rings. The Labute approximate surface area is 155 Å². The van der Waals surface area contributed by atoms with Crippen molar-refractivity contribution < 1.29 is 14.3 Å². The molecule has 1 aromatic rings. The number of carbonyl (C=O) groups excluding carboxylic acids is 1. The maximum atomic E-state index is 12.7. The Kier molecular flexibility index (Phi) is 5.25. The van der Waals surface area contributed by atoms with E-state index in [0.29, 0.717) is 19.2 Å². The fraction of sp³-hybridized carbons (Fsp3) is 0.700. The molecule has 3 aliphatic rings. The van der Waals surface area contributed by atoms with Gasteiger partial charge in [0.1, 0.15) is 6.10 Å². The van der Waals surface area contributed by atoms with E-state index in [0.717, 1.165) is 57.5 Å². The first-order chi connectivity index (χ1) is 12.7. The lowest BCUT2D eigenvalue weighted by Gasteiger charge is -2.40. The summed E-state index contributed by atoms with van der Waals surface area (Å²) in [5.41, 5.74) is 0.894. The van der Waals surface area contributed by atoms with Gasteiger partial charge in [0.2, 0.25) is 0 Å². The van der Waals surface area contributed by atoms with Gasteiger partial charge < -0.3 is 14.4 Å². The third-order valence-electron chi connectivity index (χ3n) is 6.01. The predicted molar refractivity (Wildman–Crippen MR) is 97.6 cm³/mol. The van der Waals surface area contributed by atoms with E-state index < -0.39 is 0 Å². The van der Waals surface area contributed by atoms with Crippen LogP contribution in [0.25, 0.3) is 0 Å². The molecule has 3 aliphatic heterocycles. The molecule has 0 N–H and O–H groups in total. The molecule has 26 heavy (non-hydrogen) atoms. The topological polar surface area (TPSA) is 54.9 Å². The van der Waals surface area contributed by atoms with E-state index in [-0.39, 0.29) is 17.6 Å². The lowest BCUT2D eigenvalue weighted by atomic mass is 9.88. The van der Waals surface area contributed by atoms with E-state index in [1.54, 1.807) is 0 Å². The summed E-state index contributed by atoms with van der Waals surface area (Å²) < 4.78 is 11.9. The average molecular weight is 359 g/mol. The van der Waals surface area contributed by atoms with Gasteiger partial charge in [0.25, 0.3) is 5.91 Å². The summed E-state index contributed by atoms with van der Waals surface area (Å²) in [6.45, 7) is 3.80. The largest absolute Gasteiger partial charge is 0.371 e. The van der Waals surface area contributed by atoms with Gasteiger partial charge in [0, 0.05) is 38.5 Å². The zero-order valence-electron chi connectivity index (χ0n) is 15.6. The number of aromatic nitrogens is 1. The van der Waals surface area contributed by atoms with Crippen molar-refractivity contribution in [3.8, 4) is 0 Å². The molecule has 142 valence electrons. The average Bonchev–Trinajstić information content (AvgIpc) is 3.33. The van der Waals surface area contributed by atoms with Crippen molar-refractivity contribution in [1.82, 2.24) is 14.8 Å². The number of amides is 1. The first kappa shape index (κ1) is 17.9. The molecule has 1 spiro atoms. The van der Waals surface area contributed by atoms with Gasteiger partial charge in [-0.2, -0.15) is 0 Å². The zero-order valence-corrected chi connectivity index (χ0v) is 15.6. The second kappa shape index (κ2) is 7.62. The minimum absolute atomic E-state index is 0.162. The van der Waals surface area contributed by atoms with Crippen molar-refractivity contribution in [2.45, 2.75) is 56.4 Å². The van der Waals surface area contributed by atoms with Gasteiger partial charge in [-0.1, -0.05) is 6.07 Å². The Morgan fingerprint density at radius 1 is 1.42 bits per heavy atom. The Hall–Kier alpha value is -1.50. The molecule has 4 heterocycles. The molecule has 3 saturated heterocycles. The number of rotatable bonds is 4. The summed E-state index contributed by atoms with van der Waals surface area (Å²) in [4.78, 5) is 21.5. The molecule has 0 unspecified atom stereocenters. The molecule has 0 radical (unpaired) electrons. The number of pyridine rings is 1. The van der Waals surface area contributed by atoms with Gasteiger partial charge in [-0.15, -0.1) is 0 Å². The summed E-state index contributed by atoms with van der Waals surface area (Å²) >= 11 is 0. The van der Waals surface area contributed by atoms with Crippen molar-refractivity contribution in [2.24, 2.45) is 0 Å². The summed E-state index contributed by atoms with van der Waals surface area (Å²) in [5, 5.41) is 0. The van der Waals surface area contributed by atoms with E-state index >= 15 is 0 Å². The smallest absolute Gasteiger partial charge is 0.251 e. The van der Waals surface area contributed by atoms with Crippen LogP contribution in [0.3, 0.4) is 0 Å². The molecule has 3 atom stereocenters. The van der Waals surface area contributed by atoms with Crippen LogP contribution in [0.5, 0.6) is 0 Å². The van der Waals surface area contributed by atoms with E-state index in [1.807, 2.05) is 23.2 Å². The number of hydrogen-bond donors (Lipinski definition) is 0. The van der Waals surface area contributed by atoms with Crippen LogP contribution < -0.4 is 0 Å². The number of piperidine rings is 1. The van der Waals surface area contributed by atoms with Gasteiger partial charge in [-0.25, -0.2) is 0 Å². The van der Waals surface area contributed by atoms with E-state index in [4.69, 9.17) is 9.47 Å². The van der Waals surface area contributed by atoms with Crippen LogP contribution in [0.4, 0.5) is 0 Å². The number of ether oxygens (including phenoxy) is 2. The maximum Gasteiger partial charge on any atom is 0.251 e. The van der Waals surface area contributed by atoms with Crippen molar-refractivity contribution in [1.29, 1.82) is 0 Å². The normalized spacial score (nSPS) is 31.8. The quantitative estimate of drug-likeness (QED) is 0.821. The Bertz CT molecular complexity index is 620. The van der Waals surface area contributed by atoms with Crippen LogP contribution in [0.1, 0.15) is 37.8 Å². The highest BCUT2D eigenvalue weighted by Crippen LogP contribution is 2.37. The van der Waals surface area contributed by atoms with Crippen molar-refractivity contribution in [3.05, 3.63) is 30.1 Å². The van der Waals surface area contributed by atoms with Crippen LogP contribution >= 0.6 is 0 Å². The second-order valence-electron chi connectivity index (χ2n) is 7.95. The van der Waals surface area contributed by atoms with Crippen molar-refractivity contribution >= 4 is 5.91 Å². The lowest BCUT2D eigenvalue weighted by molar-refractivity contribution is -0.148. The Morgan fingerprint density at radius 3 is 3.12 bits per heavy atom. The number of nitrogens with zero attached hydrogens (tertiary/aromatic N) is 3. The van der Waals surface area contributed by atoms with Gasteiger partial charge >= 0.3 is 0 Å². The first-order valence-electron chi connectivity index (χ1n) is 9.80. The zero-order chi connectivity index (χ0) is 18.0. The molecule has 0 bridgehead atoms. The third kappa shape index (κ3) is 3.77. The highest BCUT2D eigenvalue weighted by Gasteiger charge is 2.46. The predicted octanol–water partition coefficient (Wildman–Crippen LogP) is 1.84. The molecule has 0 aromatic carbocycles. The molecule has 6 heteroatoms. The lowest BCUT2D eigenvalue weighted by Crippen LogP contribution is -2.52. The summed E-state index contributed by atoms with van der Waals surface area (Å²) in [6, 6.07) is 6.40. The molecule has 4 rings (SSSR count). The SMILES string of the molecule is CN(Cc1ccccn1)[C@@H]1CO[C@]2(CCCN(C(=O)[C@H]3CCCO3)C2)C1. The molecule has 1 amide bonds. The summed E-state index contributed by atoms with van der Waals surface area (Å²) in [6.07, 6.45) is 6.49. The standard InChI is InChI=1S/C20H29N3O3/c1-22(13-16-6-2-3-9-21-16)17-12-20(26-14-17)8-5-10-23(15-20)19(24)18-7-4-11-25-18/h2-3,6,9,17-18H,4-5,7-8,10-15H2,1H3/t17-,18+,20+/m0/s1. The van der Waals surface area contributed by atoms with Crippen LogP contribution in [-0.2, 0) is 20.8 Å². The highest BCUT2D eigenvalue weighted by molar-refractivity contribution is 5.81. The number of hydrogen-bond acceptors (Lipinski definition) is 5. The molecular formula is C20H29N3O3. The van der Waals surface area contributed by atoms with Gasteiger partial charge in [0.05, 0.1) is 17.9 Å². The first-order valence-corrected chi connectivity index (χ1v) is 9.80. The molecular weight excluding hydrogens is 330 g/mol. The van der Waals surface area contributed by atoms with Gasteiger partial charge in [-0.3, -0.25) is 14.7 Å². The highest BCUT2D eigenvalue weighted by atomic mass is 16.5. The van der Waals surface area contributed by atoms with E-state index in [2.05, 4.69) is 23.0 Å². The van der Waals surface area contributed by atoms with Crippen molar-refractivity contribution in [3.63, 3.8) is 0 Å². The fourth-order valence-corrected chi connectivity index (χ4v) is 4.53. The third-order valence-corrected chi connectivity index (χ3v) is 6.01. The molecule has 0 aliphatic carbocycles. The van der Waals surface area contributed by atoms with Crippen molar-refractivity contribution in [2.75, 3.05) is 33.4 Å². The maximum absolute atomic E-state index is 12.7. The Balaban J connectivity index is 1.36.